The lowest BCUT2D eigenvalue weighted by Crippen LogP contribution is -2.45. The van der Waals surface area contributed by atoms with Crippen molar-refractivity contribution in [2.24, 2.45) is 5.92 Å². The summed E-state index contributed by atoms with van der Waals surface area (Å²) < 4.78 is 0. The van der Waals surface area contributed by atoms with Gasteiger partial charge in [-0.2, -0.15) is 0 Å². The summed E-state index contributed by atoms with van der Waals surface area (Å²) >= 11 is 0. The minimum Gasteiger partial charge on any atom is -0.333 e. The van der Waals surface area contributed by atoms with Crippen LogP contribution in [0.4, 0.5) is 0 Å². The van der Waals surface area contributed by atoms with Gasteiger partial charge in [-0.05, 0) is 61.6 Å². The molecule has 2 fully saturated rings. The Bertz CT molecular complexity index is 738. The first-order valence-corrected chi connectivity index (χ1v) is 9.25. The molecule has 1 saturated carbocycles. The Morgan fingerprint density at radius 2 is 1.88 bits per heavy atom. The lowest BCUT2D eigenvalue weighted by molar-refractivity contribution is -0.139. The zero-order chi connectivity index (χ0) is 16.5. The van der Waals surface area contributed by atoms with Crippen molar-refractivity contribution in [2.75, 3.05) is 13.1 Å². The molecular weight excluding hydrogens is 332 g/mol. The van der Waals surface area contributed by atoms with Crippen molar-refractivity contribution in [3.63, 3.8) is 0 Å². The van der Waals surface area contributed by atoms with Crippen LogP contribution in [-0.4, -0.2) is 29.9 Å². The Morgan fingerprint density at radius 1 is 1.12 bits per heavy atom. The highest BCUT2D eigenvalue weighted by Gasteiger charge is 2.39. The van der Waals surface area contributed by atoms with Gasteiger partial charge in [-0.25, -0.2) is 0 Å². The molecule has 4 rings (SSSR count). The predicted octanol–water partition coefficient (Wildman–Crippen LogP) is 4.31. The summed E-state index contributed by atoms with van der Waals surface area (Å²) in [6.45, 7) is 4.08. The maximum atomic E-state index is 13.1. The summed E-state index contributed by atoms with van der Waals surface area (Å²) in [6.07, 6.45) is 4.45. The van der Waals surface area contributed by atoms with Gasteiger partial charge in [-0.3, -0.25) is 4.79 Å². The smallest absolute Gasteiger partial charge is 0.227 e. The van der Waals surface area contributed by atoms with Crippen molar-refractivity contribution >= 4 is 29.1 Å². The maximum absolute atomic E-state index is 13.1. The average molecular weight is 359 g/mol. The number of carbonyl (C=O) groups is 1. The summed E-state index contributed by atoms with van der Waals surface area (Å²) in [7, 11) is 0. The van der Waals surface area contributed by atoms with Crippen molar-refractivity contribution in [1.29, 1.82) is 0 Å². The van der Waals surface area contributed by atoms with Gasteiger partial charge in [0.1, 0.15) is 0 Å². The summed E-state index contributed by atoms with van der Waals surface area (Å²) in [6, 6.07) is 15.7. The maximum Gasteiger partial charge on any atom is 0.227 e. The summed E-state index contributed by atoms with van der Waals surface area (Å²) in [5.74, 6) is 0.507. The predicted molar refractivity (Wildman–Crippen MR) is 105 cm³/mol. The van der Waals surface area contributed by atoms with E-state index >= 15 is 0 Å². The number of amides is 1. The number of benzene rings is 2. The Balaban J connectivity index is 0.00000182. The number of hydrogen-bond acceptors (Lipinski definition) is 2. The number of fused-ring (bicyclic) bond motifs is 1. The fraction of sp³-hybridized carbons (Fsp3) is 0.476. The largest absolute Gasteiger partial charge is 0.333 e. The van der Waals surface area contributed by atoms with Crippen LogP contribution in [0.5, 0.6) is 0 Å². The number of carbonyl (C=O) groups excluding carboxylic acids is 1. The minimum atomic E-state index is 0. The van der Waals surface area contributed by atoms with Crippen LogP contribution in [0.1, 0.15) is 44.2 Å². The van der Waals surface area contributed by atoms with E-state index in [9.17, 15) is 4.79 Å². The van der Waals surface area contributed by atoms with E-state index < -0.39 is 0 Å². The molecule has 134 valence electrons. The molecule has 1 aliphatic carbocycles. The highest BCUT2D eigenvalue weighted by atomic mass is 35.5. The molecule has 1 N–H and O–H groups in total. The van der Waals surface area contributed by atoms with Gasteiger partial charge >= 0.3 is 0 Å². The third-order valence-electron chi connectivity index (χ3n) is 5.51. The van der Waals surface area contributed by atoms with Crippen molar-refractivity contribution < 1.29 is 4.79 Å². The number of nitrogens with one attached hydrogen (secondary N) is 1. The third-order valence-corrected chi connectivity index (χ3v) is 5.51. The molecule has 3 nitrogen and oxygen atoms in total. The van der Waals surface area contributed by atoms with E-state index in [1.807, 2.05) is 0 Å². The number of nitrogens with zero attached hydrogens (tertiary/aromatic N) is 1. The highest BCUT2D eigenvalue weighted by Crippen LogP contribution is 2.37. The SMILES string of the molecule is CC(c1ccc2ccccc2c1)N(C(=O)C1CCCNC1)C1CC1.Cl. The van der Waals surface area contributed by atoms with Crippen LogP contribution < -0.4 is 5.32 Å². The van der Waals surface area contributed by atoms with Crippen molar-refractivity contribution in [3.8, 4) is 0 Å². The van der Waals surface area contributed by atoms with Gasteiger partial charge < -0.3 is 10.2 Å². The molecule has 2 aliphatic rings. The highest BCUT2D eigenvalue weighted by molar-refractivity contribution is 5.85. The fourth-order valence-corrected chi connectivity index (χ4v) is 3.94. The molecule has 2 unspecified atom stereocenters. The van der Waals surface area contributed by atoms with Crippen LogP contribution in [0.25, 0.3) is 10.8 Å². The van der Waals surface area contributed by atoms with E-state index in [-0.39, 0.29) is 24.4 Å². The molecule has 1 amide bonds. The summed E-state index contributed by atoms with van der Waals surface area (Å²) in [4.78, 5) is 15.3. The van der Waals surface area contributed by atoms with E-state index in [2.05, 4.69) is 59.6 Å². The molecule has 2 atom stereocenters. The first kappa shape index (κ1) is 18.2. The monoisotopic (exact) mass is 358 g/mol. The van der Waals surface area contributed by atoms with Crippen molar-refractivity contribution in [2.45, 2.75) is 44.7 Å². The number of rotatable bonds is 4. The van der Waals surface area contributed by atoms with Crippen LogP contribution in [0.3, 0.4) is 0 Å². The molecule has 1 heterocycles. The number of piperidine rings is 1. The van der Waals surface area contributed by atoms with E-state index in [4.69, 9.17) is 0 Å². The second kappa shape index (κ2) is 7.76. The lowest BCUT2D eigenvalue weighted by atomic mass is 9.95. The van der Waals surface area contributed by atoms with E-state index in [0.29, 0.717) is 11.9 Å². The van der Waals surface area contributed by atoms with Gasteiger partial charge in [0.15, 0.2) is 0 Å². The van der Waals surface area contributed by atoms with Crippen molar-refractivity contribution in [3.05, 3.63) is 48.0 Å². The van der Waals surface area contributed by atoms with Gasteiger partial charge in [-0.15, -0.1) is 12.4 Å². The molecule has 2 aromatic rings. The van der Waals surface area contributed by atoms with E-state index in [1.165, 1.54) is 16.3 Å². The molecule has 0 radical (unpaired) electrons. The standard InChI is InChI=1S/C21H26N2O.ClH/c1-15(17-9-8-16-5-2-3-6-18(16)13-17)23(20-10-11-20)21(24)19-7-4-12-22-14-19;/h2-3,5-6,8-9,13,15,19-20,22H,4,7,10-12,14H2,1H3;1H. The molecule has 1 saturated heterocycles. The van der Waals surface area contributed by atoms with Crippen molar-refractivity contribution in [1.82, 2.24) is 10.2 Å². The summed E-state index contributed by atoms with van der Waals surface area (Å²) in [5.41, 5.74) is 1.25. The minimum absolute atomic E-state index is 0. The number of hydrogen-bond donors (Lipinski definition) is 1. The molecule has 4 heteroatoms. The Morgan fingerprint density at radius 3 is 2.56 bits per heavy atom. The first-order valence-electron chi connectivity index (χ1n) is 9.25. The fourth-order valence-electron chi connectivity index (χ4n) is 3.94. The second-order valence-corrected chi connectivity index (χ2v) is 7.30. The molecule has 2 aromatic carbocycles. The Hall–Kier alpha value is -1.58. The van der Waals surface area contributed by atoms with Crippen LogP contribution in [0.2, 0.25) is 0 Å². The van der Waals surface area contributed by atoms with Gasteiger partial charge in [0.05, 0.1) is 12.0 Å². The van der Waals surface area contributed by atoms with Crippen LogP contribution in [0, 0.1) is 5.92 Å². The zero-order valence-corrected chi connectivity index (χ0v) is 15.6. The molecule has 0 aromatic heterocycles. The molecule has 0 bridgehead atoms. The van der Waals surface area contributed by atoms with Crippen LogP contribution in [0.15, 0.2) is 42.5 Å². The van der Waals surface area contributed by atoms with E-state index in [1.54, 1.807) is 0 Å². The average Bonchev–Trinajstić information content (AvgIpc) is 3.47. The molecule has 1 aliphatic heterocycles. The van der Waals surface area contributed by atoms with Gasteiger partial charge in [0.25, 0.3) is 0 Å². The van der Waals surface area contributed by atoms with Crippen LogP contribution >= 0.6 is 12.4 Å². The third kappa shape index (κ3) is 3.83. The van der Waals surface area contributed by atoms with Gasteiger partial charge in [-0.1, -0.05) is 36.4 Å². The summed E-state index contributed by atoms with van der Waals surface area (Å²) in [5, 5.41) is 5.90. The lowest BCUT2D eigenvalue weighted by Gasteiger charge is -2.34. The Labute approximate surface area is 156 Å². The van der Waals surface area contributed by atoms with Crippen LogP contribution in [-0.2, 0) is 4.79 Å². The van der Waals surface area contributed by atoms with E-state index in [0.717, 1.165) is 38.8 Å². The molecular formula is C21H27ClN2O. The normalized spacial score (nSPS) is 21.4. The Kier molecular flexibility index (Phi) is 5.65. The zero-order valence-electron chi connectivity index (χ0n) is 14.8. The second-order valence-electron chi connectivity index (χ2n) is 7.30. The molecule has 25 heavy (non-hydrogen) atoms. The quantitative estimate of drug-likeness (QED) is 0.883. The van der Waals surface area contributed by atoms with Gasteiger partial charge in [0, 0.05) is 12.6 Å². The van der Waals surface area contributed by atoms with Gasteiger partial charge in [0.2, 0.25) is 5.91 Å². The topological polar surface area (TPSA) is 32.3 Å². The molecule has 0 spiro atoms. The number of halogens is 1. The first-order chi connectivity index (χ1) is 11.7.